The lowest BCUT2D eigenvalue weighted by atomic mass is 10.1. The Morgan fingerprint density at radius 1 is 1.07 bits per heavy atom. The number of hydrogen-bond donors (Lipinski definition) is 0. The van der Waals surface area contributed by atoms with E-state index in [0.717, 1.165) is 46.8 Å². The number of anilines is 1. The first-order valence-corrected chi connectivity index (χ1v) is 10.6. The molecule has 6 rings (SSSR count). The van der Waals surface area contributed by atoms with Crippen LogP contribution in [0.5, 0.6) is 0 Å². The summed E-state index contributed by atoms with van der Waals surface area (Å²) in [7, 11) is 0. The molecule has 2 aliphatic heterocycles. The summed E-state index contributed by atoms with van der Waals surface area (Å²) in [5.74, 6) is 0.202. The molecule has 2 aromatic heterocycles. The fourth-order valence-corrected chi connectivity index (χ4v) is 5.51. The van der Waals surface area contributed by atoms with Crippen LogP contribution < -0.4 is 4.90 Å². The van der Waals surface area contributed by atoms with E-state index in [1.54, 1.807) is 23.7 Å². The molecule has 2 aromatic carbocycles. The number of piperazine rings is 1. The Morgan fingerprint density at radius 2 is 1.93 bits per heavy atom. The number of thiazole rings is 1. The highest BCUT2D eigenvalue weighted by atomic mass is 32.1. The first-order chi connectivity index (χ1) is 14.2. The highest BCUT2D eigenvalue weighted by Gasteiger charge is 2.49. The van der Waals surface area contributed by atoms with Gasteiger partial charge in [-0.15, -0.1) is 11.3 Å². The van der Waals surface area contributed by atoms with Crippen molar-refractivity contribution in [1.82, 2.24) is 19.9 Å². The maximum atomic E-state index is 13.2. The SMILES string of the molecule is Cc1nc2cc(N3C(=O)[C@@H]4C[C@H]3CN4Cc3ccc4nccnc4c3)ccc2s1. The standard InChI is InChI=1S/C22H19N5OS/c1-13-25-19-9-15(3-5-21(19)29-13)27-16-10-20(22(27)28)26(12-16)11-14-2-4-17-18(8-14)24-7-6-23-17/h2-9,16,20H,10-12H2,1H3/t16-,20-/m0/s1. The van der Waals surface area contributed by atoms with E-state index in [1.807, 2.05) is 17.9 Å². The van der Waals surface area contributed by atoms with Crippen LogP contribution in [0.2, 0.25) is 0 Å². The average molecular weight is 401 g/mol. The van der Waals surface area contributed by atoms with Crippen molar-refractivity contribution in [2.75, 3.05) is 11.4 Å². The second-order valence-electron chi connectivity index (χ2n) is 7.81. The molecule has 144 valence electrons. The highest BCUT2D eigenvalue weighted by Crippen LogP contribution is 2.38. The van der Waals surface area contributed by atoms with Gasteiger partial charge in [0, 0.05) is 31.2 Å². The first kappa shape index (κ1) is 17.0. The molecule has 1 amide bonds. The van der Waals surface area contributed by atoms with E-state index in [0.29, 0.717) is 0 Å². The van der Waals surface area contributed by atoms with Crippen LogP contribution in [0.3, 0.4) is 0 Å². The van der Waals surface area contributed by atoms with E-state index >= 15 is 0 Å². The highest BCUT2D eigenvalue weighted by molar-refractivity contribution is 7.18. The van der Waals surface area contributed by atoms with Gasteiger partial charge in [-0.1, -0.05) is 6.07 Å². The Morgan fingerprint density at radius 3 is 2.79 bits per heavy atom. The van der Waals surface area contributed by atoms with Crippen molar-refractivity contribution in [3.05, 3.63) is 59.4 Å². The van der Waals surface area contributed by atoms with Crippen molar-refractivity contribution in [3.63, 3.8) is 0 Å². The van der Waals surface area contributed by atoms with Crippen molar-refractivity contribution in [1.29, 1.82) is 0 Å². The topological polar surface area (TPSA) is 62.2 Å². The van der Waals surface area contributed by atoms with Crippen LogP contribution in [0.4, 0.5) is 5.69 Å². The second-order valence-corrected chi connectivity index (χ2v) is 9.04. The summed E-state index contributed by atoms with van der Waals surface area (Å²) in [5.41, 5.74) is 4.92. The number of carbonyl (C=O) groups excluding carboxylic acids is 1. The molecular weight excluding hydrogens is 382 g/mol. The first-order valence-electron chi connectivity index (χ1n) is 9.80. The number of likely N-dealkylation sites (tertiary alicyclic amines) is 1. The van der Waals surface area contributed by atoms with Crippen LogP contribution in [0.25, 0.3) is 21.3 Å². The van der Waals surface area contributed by atoms with Gasteiger partial charge in [0.25, 0.3) is 0 Å². The minimum absolute atomic E-state index is 0.0505. The normalized spacial score (nSPS) is 21.7. The lowest BCUT2D eigenvalue weighted by Crippen LogP contribution is -2.50. The van der Waals surface area contributed by atoms with E-state index in [1.165, 1.54) is 10.3 Å². The molecule has 2 fully saturated rings. The van der Waals surface area contributed by atoms with Crippen LogP contribution in [0, 0.1) is 6.92 Å². The van der Waals surface area contributed by atoms with Crippen LogP contribution in [-0.4, -0.2) is 44.4 Å². The number of aryl methyl sites for hydroxylation is 1. The van der Waals surface area contributed by atoms with Gasteiger partial charge < -0.3 is 4.90 Å². The molecular formula is C22H19N5OS. The molecule has 0 aliphatic carbocycles. The zero-order valence-corrected chi connectivity index (χ0v) is 16.8. The van der Waals surface area contributed by atoms with E-state index in [-0.39, 0.29) is 18.0 Å². The van der Waals surface area contributed by atoms with Gasteiger partial charge in [0.2, 0.25) is 5.91 Å². The molecule has 0 spiro atoms. The number of nitrogens with zero attached hydrogens (tertiary/aromatic N) is 5. The molecule has 2 bridgehead atoms. The Hall–Kier alpha value is -2.90. The molecule has 4 heterocycles. The average Bonchev–Trinajstić information content (AvgIpc) is 3.38. The predicted octanol–water partition coefficient (Wildman–Crippen LogP) is 3.54. The summed E-state index contributed by atoms with van der Waals surface area (Å²) in [6.07, 6.45) is 4.31. The lowest BCUT2D eigenvalue weighted by molar-refractivity contribution is -0.122. The summed E-state index contributed by atoms with van der Waals surface area (Å²) >= 11 is 1.69. The molecule has 7 heteroatoms. The van der Waals surface area contributed by atoms with E-state index in [2.05, 4.69) is 50.2 Å². The molecule has 0 N–H and O–H groups in total. The van der Waals surface area contributed by atoms with Gasteiger partial charge in [0.05, 0.1) is 38.3 Å². The molecule has 4 aromatic rings. The summed E-state index contributed by atoms with van der Waals surface area (Å²) in [6.45, 7) is 3.67. The Balaban J connectivity index is 1.24. The number of amides is 1. The number of carbonyl (C=O) groups is 1. The zero-order chi connectivity index (χ0) is 19.5. The van der Waals surface area contributed by atoms with Crippen molar-refractivity contribution >= 4 is 44.2 Å². The number of hydrogen-bond acceptors (Lipinski definition) is 6. The molecule has 0 saturated carbocycles. The van der Waals surface area contributed by atoms with Gasteiger partial charge in [0.15, 0.2) is 0 Å². The maximum absolute atomic E-state index is 13.2. The lowest BCUT2D eigenvalue weighted by Gasteiger charge is -2.34. The van der Waals surface area contributed by atoms with Gasteiger partial charge >= 0.3 is 0 Å². The molecule has 29 heavy (non-hydrogen) atoms. The van der Waals surface area contributed by atoms with Gasteiger partial charge in [0.1, 0.15) is 0 Å². The Kier molecular flexibility index (Phi) is 3.69. The minimum atomic E-state index is -0.0505. The largest absolute Gasteiger partial charge is 0.307 e. The quantitative estimate of drug-likeness (QED) is 0.525. The van der Waals surface area contributed by atoms with Gasteiger partial charge in [-0.3, -0.25) is 19.7 Å². The maximum Gasteiger partial charge on any atom is 0.244 e. The summed E-state index contributed by atoms with van der Waals surface area (Å²) in [5, 5.41) is 1.05. The van der Waals surface area contributed by atoms with Crippen molar-refractivity contribution in [3.8, 4) is 0 Å². The van der Waals surface area contributed by atoms with Crippen LogP contribution in [0.1, 0.15) is 17.0 Å². The number of aromatic nitrogens is 3. The van der Waals surface area contributed by atoms with E-state index < -0.39 is 0 Å². The van der Waals surface area contributed by atoms with Crippen molar-refractivity contribution in [2.24, 2.45) is 0 Å². The van der Waals surface area contributed by atoms with Crippen molar-refractivity contribution in [2.45, 2.75) is 32.0 Å². The molecule has 0 unspecified atom stereocenters. The minimum Gasteiger partial charge on any atom is -0.307 e. The Labute approximate surface area is 171 Å². The summed E-state index contributed by atoms with van der Waals surface area (Å²) in [4.78, 5) is 30.8. The van der Waals surface area contributed by atoms with Gasteiger partial charge in [-0.2, -0.15) is 0 Å². The fourth-order valence-electron chi connectivity index (χ4n) is 4.70. The number of rotatable bonds is 3. The Bertz CT molecular complexity index is 1270. The van der Waals surface area contributed by atoms with E-state index in [9.17, 15) is 4.79 Å². The smallest absolute Gasteiger partial charge is 0.244 e. The molecule has 2 saturated heterocycles. The third kappa shape index (κ3) is 2.73. The predicted molar refractivity (Wildman–Crippen MR) is 114 cm³/mol. The van der Waals surface area contributed by atoms with Crippen LogP contribution in [-0.2, 0) is 11.3 Å². The van der Waals surface area contributed by atoms with E-state index in [4.69, 9.17) is 0 Å². The fraction of sp³-hybridized carbons (Fsp3) is 0.273. The zero-order valence-electron chi connectivity index (χ0n) is 15.9. The summed E-state index contributed by atoms with van der Waals surface area (Å²) in [6, 6.07) is 12.6. The molecule has 2 aliphatic rings. The summed E-state index contributed by atoms with van der Waals surface area (Å²) < 4.78 is 1.17. The third-order valence-corrected chi connectivity index (χ3v) is 6.90. The van der Waals surface area contributed by atoms with Crippen LogP contribution >= 0.6 is 11.3 Å². The third-order valence-electron chi connectivity index (χ3n) is 5.94. The molecule has 6 nitrogen and oxygen atoms in total. The van der Waals surface area contributed by atoms with Gasteiger partial charge in [-0.25, -0.2) is 4.98 Å². The monoisotopic (exact) mass is 401 g/mol. The second kappa shape index (κ2) is 6.30. The number of fused-ring (bicyclic) bond motifs is 4. The van der Waals surface area contributed by atoms with Crippen LogP contribution in [0.15, 0.2) is 48.8 Å². The van der Waals surface area contributed by atoms with Gasteiger partial charge in [-0.05, 0) is 49.2 Å². The number of benzene rings is 2. The molecule has 2 atom stereocenters. The van der Waals surface area contributed by atoms with Crippen molar-refractivity contribution < 1.29 is 4.79 Å². The molecule has 0 radical (unpaired) electrons.